The molecule has 0 aliphatic carbocycles. The normalized spacial score (nSPS) is 14.5. The second-order valence-electron chi connectivity index (χ2n) is 24.5. The zero-order valence-electron chi connectivity index (χ0n) is 69.2. The van der Waals surface area contributed by atoms with Crippen molar-refractivity contribution in [3.05, 3.63) is 156 Å². The number of fused-ring (bicyclic) bond motifs is 3. The van der Waals surface area contributed by atoms with E-state index in [2.05, 4.69) is 59.7 Å². The molecular weight excluding hydrogens is 1950 g/mol. The van der Waals surface area contributed by atoms with E-state index in [1.165, 1.54) is 31.4 Å². The number of phenolic OH excluding ortho intramolecular Hbond substituents is 1. The van der Waals surface area contributed by atoms with Crippen molar-refractivity contribution in [2.24, 2.45) is 0 Å². The van der Waals surface area contributed by atoms with Crippen LogP contribution < -0.4 is 109 Å². The number of ether oxygens (including phenoxy) is 16. The van der Waals surface area contributed by atoms with Crippen LogP contribution in [-0.4, -0.2) is 295 Å². The Morgan fingerprint density at radius 2 is 0.832 bits per heavy atom. The average molecular weight is 2070 g/mol. The first kappa shape index (κ1) is 121. The molecule has 0 amide bonds. The predicted molar refractivity (Wildman–Crippen MR) is 472 cm³/mol. The van der Waals surface area contributed by atoms with Crippen LogP contribution >= 0.6 is 54.9 Å². The predicted octanol–water partition coefficient (Wildman–Crippen LogP) is 4.84. The standard InChI is InChI=1S/C22H30O9S2.C18H23NO7.C17H23NO6.C14H21NO4.C6H7NO.C3H5BrO2.2CH4.Cl3OP.Cs.FH/c1-19-3-7-21(8-4-19)32(23,24)30-17-15-28-13-11-27-12-14-29-16-18-31-33(25,26)22-9-5-20(2)6-10-22;20-13-15-1-2-17-18(11-15)26-10-9-25-8-7-24-6-5-23-4-3-19(17)12-16(22)14-21;19-14-15(20)13-18-5-6-21-7-8-22-9-10-23-11-12-24-17-4-2-1-3-16(17)18;1-2-4-14-13(3-1)15-5-6-16-7-8-17-9-10-18-11-12-19-14;7-5-3-1-2-4-6(5)8;1-6-3(5)2-4;;;1-5(2,3)4;;/h3-10H,11-18H2,1-2H3;1-2,11,13-14H,3-10,12H2;1-4,14H,5-13H2;1-4,15H,5-12H2;1-4,8H,7H2;2H2,1H3;2*1H4;;;1H/q;;;;;;;;;+1;/p-1. The maximum Gasteiger partial charge on any atom is 1.00 e. The van der Waals surface area contributed by atoms with E-state index in [1.807, 2.05) is 62.4 Å². The Balaban J connectivity index is 0. The number of carbonyl (C=O) groups excluding carboxylic acids is 6. The first-order valence-electron chi connectivity index (χ1n) is 37.9. The van der Waals surface area contributed by atoms with Crippen LogP contribution in [-0.2, 0) is 119 Å². The van der Waals surface area contributed by atoms with E-state index in [1.54, 1.807) is 76.5 Å². The minimum absolute atomic E-state index is 0. The first-order valence-corrected chi connectivity index (χ1v) is 46.3. The van der Waals surface area contributed by atoms with Gasteiger partial charge in [0.2, 0.25) is 11.6 Å². The Morgan fingerprint density at radius 3 is 1.21 bits per heavy atom. The minimum atomic E-state index is -3.79. The summed E-state index contributed by atoms with van der Waals surface area (Å²) in [5.74, 6) is 0.794. The van der Waals surface area contributed by atoms with E-state index in [-0.39, 0.29) is 175 Å². The van der Waals surface area contributed by atoms with Gasteiger partial charge in [0.05, 0.1) is 225 Å². The van der Waals surface area contributed by atoms with Gasteiger partial charge in [0.15, 0.2) is 12.6 Å². The van der Waals surface area contributed by atoms with Crippen LogP contribution in [0.5, 0.6) is 23.0 Å². The molecule has 4 N–H and O–H groups in total. The second-order valence-corrected chi connectivity index (χ2v) is 34.9. The number of phenols is 1. The molecule has 6 aromatic carbocycles. The van der Waals surface area contributed by atoms with Gasteiger partial charge >= 0.3 is 80.1 Å². The van der Waals surface area contributed by atoms with Crippen molar-refractivity contribution in [3.63, 3.8) is 0 Å². The number of para-hydroxylation sites is 6. The van der Waals surface area contributed by atoms with Crippen LogP contribution in [0.4, 0.5) is 22.7 Å². The van der Waals surface area contributed by atoms with E-state index in [0.29, 0.717) is 199 Å². The van der Waals surface area contributed by atoms with Crippen molar-refractivity contribution in [2.75, 3.05) is 258 Å². The molecule has 0 spiro atoms. The minimum Gasteiger partial charge on any atom is -1.00 e. The van der Waals surface area contributed by atoms with Gasteiger partial charge in [0, 0.05) is 25.2 Å². The van der Waals surface area contributed by atoms with Gasteiger partial charge in [-0.2, -0.15) is 16.8 Å². The summed E-state index contributed by atoms with van der Waals surface area (Å²) in [4.78, 5) is 69.4. The molecule has 698 valence electrons. The summed E-state index contributed by atoms with van der Waals surface area (Å²) in [6.07, 6.45) is 1.34. The molecule has 0 fully saturated rings. The van der Waals surface area contributed by atoms with Gasteiger partial charge in [-0.25, -0.2) is 0 Å². The number of nitrogens with one attached hydrogen (secondary N) is 1. The number of hydrogen-bond donors (Lipinski definition) is 3. The van der Waals surface area contributed by atoms with E-state index in [4.69, 9.17) is 90.3 Å². The van der Waals surface area contributed by atoms with E-state index < -0.39 is 37.0 Å². The molecule has 3 aliphatic heterocycles. The summed E-state index contributed by atoms with van der Waals surface area (Å²) in [6.45, 7) is 16.5. The zero-order valence-corrected chi connectivity index (χ0v) is 81.8. The van der Waals surface area contributed by atoms with E-state index in [0.717, 1.165) is 41.1 Å². The average Bonchev–Trinajstić information content (AvgIpc) is 0.971. The fourth-order valence-corrected chi connectivity index (χ4v) is 11.5. The van der Waals surface area contributed by atoms with E-state index in [9.17, 15) is 50.2 Å². The summed E-state index contributed by atoms with van der Waals surface area (Å²) in [7, 11) is -6.23. The SMILES string of the molecule is C.C.COC(=O)CBr.Cc1ccc(S(=O)(=O)OCCOCCOCCOCCOS(=O)(=O)c2ccc(C)cc2)cc1.Nc1ccccc1O.O=CC(=O)CN1CCOCCOCCOCCOc2cc(C=O)ccc21.O=CC(=O)CN1CCOCCOCCOCCOc2ccccc21.O=P(Cl)(Cl)Cl.[Cs+].[F-].c1ccc2c(c1)NCCOCCOCCOCCO2. The molecule has 0 unspecified atom stereocenters. The number of nitrogen functional groups attached to an aromatic ring is 1. The van der Waals surface area contributed by atoms with Gasteiger partial charge in [-0.3, -0.25) is 41.7 Å². The quantitative estimate of drug-likeness (QED) is 0.00839. The summed E-state index contributed by atoms with van der Waals surface area (Å²) in [5.41, 5.74) is 10.4. The Kier molecular flexibility index (Phi) is 74.0. The molecular formula is C82H117BrCl3CsFN4O30PS2. The van der Waals surface area contributed by atoms with Gasteiger partial charge in [-0.05, 0) is 126 Å². The van der Waals surface area contributed by atoms with Crippen molar-refractivity contribution in [1.29, 1.82) is 0 Å². The van der Waals surface area contributed by atoms with Crippen LogP contribution in [0.15, 0.2) is 149 Å². The molecule has 34 nitrogen and oxygen atoms in total. The van der Waals surface area contributed by atoms with Gasteiger partial charge in [-0.15, -0.1) is 0 Å². The smallest absolute Gasteiger partial charge is 1.00 e. The van der Waals surface area contributed by atoms with Gasteiger partial charge in [-0.1, -0.05) is 103 Å². The van der Waals surface area contributed by atoms with Crippen LogP contribution in [0.2, 0.25) is 0 Å². The number of halogens is 5. The fourth-order valence-electron chi connectivity index (χ4n) is 9.48. The van der Waals surface area contributed by atoms with Crippen molar-refractivity contribution >= 4 is 134 Å². The Morgan fingerprint density at radius 1 is 0.488 bits per heavy atom. The Labute approximate surface area is 814 Å². The van der Waals surface area contributed by atoms with E-state index >= 15 is 0 Å². The molecule has 9 rings (SSSR count). The number of aromatic hydroxyl groups is 1. The van der Waals surface area contributed by atoms with Gasteiger partial charge < -0.3 is 106 Å². The number of nitrogens with two attached hydrogens (primary N) is 1. The summed E-state index contributed by atoms with van der Waals surface area (Å²) < 4.78 is 154. The molecule has 0 aromatic heterocycles. The summed E-state index contributed by atoms with van der Waals surface area (Å²) in [5, 5.41) is 9.15. The Hall–Kier alpha value is -5.56. The monoisotopic (exact) mass is 2070 g/mol. The molecule has 0 saturated heterocycles. The fraction of sp³-hybridized carbons (Fsp3) is 0.488. The second kappa shape index (κ2) is 76.2. The number of alkyl halides is 1. The number of Topliss-reactive ketones (excluding diaryl/α,β-unsaturated/α-hetero) is 2. The molecule has 0 radical (unpaired) electrons. The third-order valence-electron chi connectivity index (χ3n) is 15.3. The molecule has 6 aromatic rings. The number of anilines is 4. The summed E-state index contributed by atoms with van der Waals surface area (Å²) >= 11 is 16.7. The number of nitrogens with zero attached hydrogens (tertiary/aromatic N) is 2. The van der Waals surface area contributed by atoms with Gasteiger partial charge in [0.1, 0.15) is 54.4 Å². The number of hydrogen-bond acceptors (Lipinski definition) is 34. The topological polar surface area (TPSA) is 419 Å². The number of aryl methyl sites for hydroxylation is 2. The molecule has 3 heterocycles. The molecule has 3 aliphatic rings. The first-order chi connectivity index (χ1) is 58.3. The maximum absolute atomic E-state index is 12.0. The maximum atomic E-state index is 12.0. The number of rotatable bonds is 24. The zero-order chi connectivity index (χ0) is 88.5. The Bertz CT molecular complexity index is 4000. The molecule has 43 heteroatoms. The van der Waals surface area contributed by atoms with Crippen molar-refractivity contribution < 1.29 is 213 Å². The number of methoxy groups -OCH3 is 1. The summed E-state index contributed by atoms with van der Waals surface area (Å²) in [6, 6.07) is 39.7. The number of benzene rings is 6. The molecule has 0 saturated carbocycles. The van der Waals surface area contributed by atoms with Crippen molar-refractivity contribution in [2.45, 2.75) is 38.5 Å². The number of aldehydes is 3. The van der Waals surface area contributed by atoms with Crippen LogP contribution in [0, 0.1) is 13.8 Å². The third-order valence-corrected chi connectivity index (χ3v) is 18.5. The van der Waals surface area contributed by atoms with Crippen LogP contribution in [0.1, 0.15) is 36.3 Å². The largest absolute Gasteiger partial charge is 1.00 e. The van der Waals surface area contributed by atoms with Crippen molar-refractivity contribution in [3.8, 4) is 23.0 Å². The molecule has 125 heavy (non-hydrogen) atoms. The number of esters is 1. The van der Waals surface area contributed by atoms with Gasteiger partial charge in [0.25, 0.3) is 20.2 Å². The van der Waals surface area contributed by atoms with Crippen LogP contribution in [0.25, 0.3) is 0 Å². The third kappa shape index (κ3) is 60.9. The number of carbonyl (C=O) groups is 6. The van der Waals surface area contributed by atoms with Crippen LogP contribution in [0.3, 0.4) is 0 Å². The van der Waals surface area contributed by atoms with Crippen molar-refractivity contribution in [1.82, 2.24) is 0 Å². The molecule has 0 atom stereocenters. The number of ketones is 2. The molecule has 0 bridgehead atoms.